The second-order valence-electron chi connectivity index (χ2n) is 5.04. The molecule has 1 atom stereocenters. The van der Waals surface area contributed by atoms with Crippen molar-refractivity contribution in [2.75, 3.05) is 26.7 Å². The number of carbonyl (C=O) groups excluding carboxylic acids is 1. The Morgan fingerprint density at radius 1 is 1.45 bits per heavy atom. The number of phenols is 1. The molecule has 1 aromatic carbocycles. The molecule has 0 aliphatic carbocycles. The Morgan fingerprint density at radius 3 is 2.75 bits per heavy atom. The van der Waals surface area contributed by atoms with E-state index >= 15 is 0 Å². The van der Waals surface area contributed by atoms with Gasteiger partial charge in [0.15, 0.2) is 0 Å². The molecule has 7 heteroatoms. The summed E-state index contributed by atoms with van der Waals surface area (Å²) in [5, 5.41) is 20.4. The summed E-state index contributed by atoms with van der Waals surface area (Å²) in [6.45, 7) is 3.75. The summed E-state index contributed by atoms with van der Waals surface area (Å²) < 4.78 is 0. The zero-order valence-corrected chi connectivity index (χ0v) is 11.4. The van der Waals surface area contributed by atoms with Gasteiger partial charge in [0.1, 0.15) is 11.3 Å². The molecule has 0 saturated carbocycles. The van der Waals surface area contributed by atoms with Crippen LogP contribution in [0.4, 0.5) is 5.69 Å². The summed E-state index contributed by atoms with van der Waals surface area (Å²) in [5.41, 5.74) is -0.342. The van der Waals surface area contributed by atoms with Gasteiger partial charge in [-0.2, -0.15) is 0 Å². The molecule has 1 amide bonds. The standard InChI is InChI=1S/C13H17N3O4/c1-9-8-15(6-5-14(9)2)13(18)11-7-10(17)3-4-12(11)16(19)20/h3-4,7,9,17H,5-6,8H2,1-2H3. The number of aromatic hydroxyl groups is 1. The van der Waals surface area contributed by atoms with Crippen LogP contribution in [-0.4, -0.2) is 58.5 Å². The van der Waals surface area contributed by atoms with Crippen LogP contribution in [0.2, 0.25) is 0 Å². The predicted octanol–water partition coefficient (Wildman–Crippen LogP) is 1.08. The maximum Gasteiger partial charge on any atom is 0.282 e. The first-order chi connectivity index (χ1) is 9.40. The molecule has 1 saturated heterocycles. The van der Waals surface area contributed by atoms with Crippen molar-refractivity contribution in [1.82, 2.24) is 9.80 Å². The molecule has 1 fully saturated rings. The molecule has 0 radical (unpaired) electrons. The van der Waals surface area contributed by atoms with E-state index in [2.05, 4.69) is 4.90 Å². The van der Waals surface area contributed by atoms with E-state index in [1.165, 1.54) is 6.07 Å². The van der Waals surface area contributed by atoms with Crippen LogP contribution in [0.25, 0.3) is 0 Å². The van der Waals surface area contributed by atoms with Crippen LogP contribution in [-0.2, 0) is 0 Å². The number of amides is 1. The van der Waals surface area contributed by atoms with Crippen molar-refractivity contribution >= 4 is 11.6 Å². The van der Waals surface area contributed by atoms with Gasteiger partial charge in [-0.25, -0.2) is 0 Å². The lowest BCUT2D eigenvalue weighted by Gasteiger charge is -2.37. The van der Waals surface area contributed by atoms with Crippen molar-refractivity contribution in [3.05, 3.63) is 33.9 Å². The van der Waals surface area contributed by atoms with Gasteiger partial charge in [-0.3, -0.25) is 14.9 Å². The lowest BCUT2D eigenvalue weighted by molar-refractivity contribution is -0.385. The predicted molar refractivity (Wildman–Crippen MR) is 72.8 cm³/mol. The quantitative estimate of drug-likeness (QED) is 0.646. The van der Waals surface area contributed by atoms with Gasteiger partial charge >= 0.3 is 0 Å². The summed E-state index contributed by atoms with van der Waals surface area (Å²) in [6, 6.07) is 3.72. The normalized spacial score (nSPS) is 19.9. The Balaban J connectivity index is 2.29. The minimum absolute atomic E-state index is 0.0632. The summed E-state index contributed by atoms with van der Waals surface area (Å²) >= 11 is 0. The van der Waals surface area contributed by atoms with Gasteiger partial charge < -0.3 is 14.9 Å². The fourth-order valence-corrected chi connectivity index (χ4v) is 2.26. The number of benzene rings is 1. The number of likely N-dealkylation sites (N-methyl/N-ethyl adjacent to an activating group) is 1. The largest absolute Gasteiger partial charge is 0.508 e. The van der Waals surface area contributed by atoms with Gasteiger partial charge in [-0.05, 0) is 26.1 Å². The average molecular weight is 279 g/mol. The van der Waals surface area contributed by atoms with Crippen molar-refractivity contribution in [1.29, 1.82) is 0 Å². The monoisotopic (exact) mass is 279 g/mol. The average Bonchev–Trinajstić information content (AvgIpc) is 2.40. The zero-order valence-electron chi connectivity index (χ0n) is 11.4. The van der Waals surface area contributed by atoms with E-state index in [1.54, 1.807) is 4.90 Å². The van der Waals surface area contributed by atoms with Crippen molar-refractivity contribution in [2.24, 2.45) is 0 Å². The second kappa shape index (κ2) is 5.46. The van der Waals surface area contributed by atoms with Crippen LogP contribution < -0.4 is 0 Å². The highest BCUT2D eigenvalue weighted by atomic mass is 16.6. The van der Waals surface area contributed by atoms with E-state index in [4.69, 9.17) is 0 Å². The fraction of sp³-hybridized carbons (Fsp3) is 0.462. The molecule has 1 aliphatic heterocycles. The van der Waals surface area contributed by atoms with E-state index in [0.29, 0.717) is 13.1 Å². The van der Waals surface area contributed by atoms with E-state index in [1.807, 2.05) is 14.0 Å². The maximum atomic E-state index is 12.4. The molecule has 0 aromatic heterocycles. The van der Waals surface area contributed by atoms with Crippen molar-refractivity contribution in [3.8, 4) is 5.75 Å². The summed E-state index contributed by atoms with van der Waals surface area (Å²) in [6.07, 6.45) is 0. The Kier molecular flexibility index (Phi) is 3.89. The first kappa shape index (κ1) is 14.3. The number of carbonyl (C=O) groups is 1. The number of nitro benzene ring substituents is 1. The van der Waals surface area contributed by atoms with Gasteiger partial charge in [0.2, 0.25) is 0 Å². The molecule has 1 N–H and O–H groups in total. The lowest BCUT2D eigenvalue weighted by atomic mass is 10.1. The van der Waals surface area contributed by atoms with Crippen LogP contribution >= 0.6 is 0 Å². The fourth-order valence-electron chi connectivity index (χ4n) is 2.26. The van der Waals surface area contributed by atoms with Gasteiger partial charge in [-0.1, -0.05) is 0 Å². The smallest absolute Gasteiger partial charge is 0.282 e. The van der Waals surface area contributed by atoms with E-state index in [0.717, 1.165) is 18.7 Å². The lowest BCUT2D eigenvalue weighted by Crippen LogP contribution is -2.52. The summed E-state index contributed by atoms with van der Waals surface area (Å²) in [4.78, 5) is 26.5. The Morgan fingerprint density at radius 2 is 2.15 bits per heavy atom. The van der Waals surface area contributed by atoms with Crippen LogP contribution in [0.1, 0.15) is 17.3 Å². The Labute approximate surface area is 116 Å². The van der Waals surface area contributed by atoms with Gasteiger partial charge in [0.25, 0.3) is 11.6 Å². The molecule has 7 nitrogen and oxygen atoms in total. The van der Waals surface area contributed by atoms with E-state index in [9.17, 15) is 20.0 Å². The van der Waals surface area contributed by atoms with Crippen molar-refractivity contribution in [3.63, 3.8) is 0 Å². The number of hydrogen-bond donors (Lipinski definition) is 1. The Hall–Kier alpha value is -2.15. The molecule has 1 heterocycles. The number of rotatable bonds is 2. The van der Waals surface area contributed by atoms with Crippen molar-refractivity contribution in [2.45, 2.75) is 13.0 Å². The molecule has 1 aliphatic rings. The van der Waals surface area contributed by atoms with Gasteiger partial charge in [0.05, 0.1) is 4.92 Å². The van der Waals surface area contributed by atoms with Crippen molar-refractivity contribution < 1.29 is 14.8 Å². The number of nitrogens with zero attached hydrogens (tertiary/aromatic N) is 3. The molecule has 20 heavy (non-hydrogen) atoms. The van der Waals surface area contributed by atoms with E-state index in [-0.39, 0.29) is 23.0 Å². The molecule has 2 rings (SSSR count). The zero-order chi connectivity index (χ0) is 14.9. The highest BCUT2D eigenvalue weighted by Gasteiger charge is 2.29. The molecule has 1 aromatic rings. The third-order valence-corrected chi connectivity index (χ3v) is 3.65. The highest BCUT2D eigenvalue weighted by Crippen LogP contribution is 2.25. The second-order valence-corrected chi connectivity index (χ2v) is 5.04. The molecular formula is C13H17N3O4. The molecular weight excluding hydrogens is 262 g/mol. The number of hydrogen-bond acceptors (Lipinski definition) is 5. The van der Waals surface area contributed by atoms with Gasteiger partial charge in [-0.15, -0.1) is 0 Å². The topological polar surface area (TPSA) is 86.9 Å². The summed E-state index contributed by atoms with van der Waals surface area (Å²) in [5.74, 6) is -0.561. The number of nitro groups is 1. The Bertz CT molecular complexity index is 546. The number of piperazine rings is 1. The third-order valence-electron chi connectivity index (χ3n) is 3.65. The minimum atomic E-state index is -0.605. The van der Waals surface area contributed by atoms with Crippen LogP contribution in [0.5, 0.6) is 5.75 Å². The minimum Gasteiger partial charge on any atom is -0.508 e. The van der Waals surface area contributed by atoms with Crippen LogP contribution in [0, 0.1) is 10.1 Å². The van der Waals surface area contributed by atoms with Crippen LogP contribution in [0.15, 0.2) is 18.2 Å². The maximum absolute atomic E-state index is 12.4. The SMILES string of the molecule is CC1CN(C(=O)c2cc(O)ccc2[N+](=O)[O-])CCN1C. The first-order valence-electron chi connectivity index (χ1n) is 6.37. The number of phenolic OH excluding ortho intramolecular Hbond substituents is 1. The molecule has 108 valence electrons. The molecule has 0 bridgehead atoms. The molecule has 1 unspecified atom stereocenters. The van der Waals surface area contributed by atoms with Crippen LogP contribution in [0.3, 0.4) is 0 Å². The third kappa shape index (κ3) is 2.72. The first-order valence-corrected chi connectivity index (χ1v) is 6.37. The summed E-state index contributed by atoms with van der Waals surface area (Å²) in [7, 11) is 1.98. The van der Waals surface area contributed by atoms with E-state index < -0.39 is 10.8 Å². The van der Waals surface area contributed by atoms with Gasteiger partial charge in [0, 0.05) is 31.7 Å². The highest BCUT2D eigenvalue weighted by molar-refractivity contribution is 5.98. The molecule has 0 spiro atoms.